The van der Waals surface area contributed by atoms with Crippen LogP contribution in [0.5, 0.6) is 0 Å². The summed E-state index contributed by atoms with van der Waals surface area (Å²) < 4.78 is 0. The van der Waals surface area contributed by atoms with Crippen LogP contribution in [0.3, 0.4) is 0 Å². The number of carbonyl (C=O) groups excluding carboxylic acids is 1. The fraction of sp³-hybridized carbons (Fsp3) is 0. The van der Waals surface area contributed by atoms with Crippen LogP contribution < -0.4 is 21.0 Å². The average molecular weight is 408 g/mol. The lowest BCUT2D eigenvalue weighted by atomic mass is 10.2. The lowest BCUT2D eigenvalue weighted by Crippen LogP contribution is -2.33. The number of rotatable bonds is 6. The van der Waals surface area contributed by atoms with Gasteiger partial charge in [0, 0.05) is 11.6 Å². The van der Waals surface area contributed by atoms with Crippen molar-refractivity contribution in [2.75, 3.05) is 0 Å². The molecule has 0 heterocycles. The number of hydrogen-bond donors (Lipinski definition) is 0. The van der Waals surface area contributed by atoms with E-state index in [9.17, 15) is 9.90 Å². The number of hydrogen-bond acceptors (Lipinski definition) is 2. The van der Waals surface area contributed by atoms with Crippen LogP contribution in [-0.2, 0) is 4.79 Å². The van der Waals surface area contributed by atoms with E-state index in [0.717, 1.165) is 26.8 Å². The first-order valence-electron chi connectivity index (χ1n) is 9.77. The van der Waals surface area contributed by atoms with Crippen LogP contribution in [0.1, 0.15) is 5.56 Å². The average Bonchev–Trinajstić information content (AvgIpc) is 2.81. The molecule has 0 radical (unpaired) electrons. The van der Waals surface area contributed by atoms with Gasteiger partial charge in [0.2, 0.25) is 0 Å². The molecule has 0 N–H and O–H groups in total. The molecule has 0 unspecified atom stereocenters. The molecule has 0 amide bonds. The van der Waals surface area contributed by atoms with Crippen molar-refractivity contribution in [1.82, 2.24) is 0 Å². The predicted octanol–water partition coefficient (Wildman–Crippen LogP) is 3.77. The Kier molecular flexibility index (Phi) is 5.88. The minimum Gasteiger partial charge on any atom is -0.545 e. The Hall–Kier alpha value is -3.48. The molecule has 3 heteroatoms. The van der Waals surface area contributed by atoms with Crippen LogP contribution in [0.25, 0.3) is 5.31 Å². The van der Waals surface area contributed by atoms with Gasteiger partial charge < -0.3 is 9.90 Å². The summed E-state index contributed by atoms with van der Waals surface area (Å²) in [6.07, 6.45) is 1.29. The molecule has 0 spiro atoms. The fourth-order valence-electron chi connectivity index (χ4n) is 3.91. The highest BCUT2D eigenvalue weighted by Crippen LogP contribution is 2.66. The molecule has 146 valence electrons. The van der Waals surface area contributed by atoms with Crippen molar-refractivity contribution in [1.29, 1.82) is 0 Å². The van der Waals surface area contributed by atoms with Gasteiger partial charge in [-0.3, -0.25) is 0 Å². The second-order valence-electron chi connectivity index (χ2n) is 6.89. The summed E-state index contributed by atoms with van der Waals surface area (Å²) in [6, 6.07) is 40.4. The Morgan fingerprint density at radius 2 is 0.900 bits per heavy atom. The van der Waals surface area contributed by atoms with Gasteiger partial charge in [0.05, 0.1) is 5.97 Å². The number of aliphatic carboxylic acids is 1. The molecule has 0 aliphatic carbocycles. The van der Waals surface area contributed by atoms with E-state index in [1.165, 1.54) is 6.08 Å². The first-order valence-corrected chi connectivity index (χ1v) is 11.6. The van der Waals surface area contributed by atoms with Gasteiger partial charge >= 0.3 is 0 Å². The van der Waals surface area contributed by atoms with Gasteiger partial charge in [-0.2, -0.15) is 0 Å². The summed E-state index contributed by atoms with van der Waals surface area (Å²) in [5, 5.41) is 16.0. The maximum atomic E-state index is 12.0. The third-order valence-electron chi connectivity index (χ3n) is 5.12. The number of carboxylic acids is 1. The Balaban J connectivity index is 2.18. The zero-order chi connectivity index (χ0) is 20.8. The highest BCUT2D eigenvalue weighted by Gasteiger charge is 2.49. The highest BCUT2D eigenvalue weighted by atomic mass is 31.2. The summed E-state index contributed by atoms with van der Waals surface area (Å²) >= 11 is 0. The lowest BCUT2D eigenvalue weighted by molar-refractivity contribution is -0.297. The molecule has 4 rings (SSSR count). The van der Waals surface area contributed by atoms with Gasteiger partial charge in [-0.1, -0.05) is 84.9 Å². The molecule has 2 nitrogen and oxygen atoms in total. The Morgan fingerprint density at radius 1 is 0.567 bits per heavy atom. The lowest BCUT2D eigenvalue weighted by Gasteiger charge is -2.30. The van der Waals surface area contributed by atoms with Gasteiger partial charge in [-0.05, 0) is 36.4 Å². The van der Waals surface area contributed by atoms with Crippen molar-refractivity contribution in [3.8, 4) is 0 Å². The summed E-state index contributed by atoms with van der Waals surface area (Å²) in [4.78, 5) is 12.0. The van der Waals surface area contributed by atoms with Crippen molar-refractivity contribution in [2.24, 2.45) is 0 Å². The van der Waals surface area contributed by atoms with E-state index in [-0.39, 0.29) is 0 Å². The van der Waals surface area contributed by atoms with Crippen LogP contribution in [0.4, 0.5) is 0 Å². The van der Waals surface area contributed by atoms with Gasteiger partial charge in [-0.15, -0.1) is 0 Å². The molecule has 0 aliphatic rings. The minimum atomic E-state index is -2.50. The second kappa shape index (κ2) is 8.90. The number of carboxylic acid groups (broad SMARTS) is 1. The zero-order valence-electron chi connectivity index (χ0n) is 16.4. The first kappa shape index (κ1) is 19.8. The SMILES string of the molecule is O=C([O-])/C=C(\c1ccccc1)[P+](c1ccccc1)(c1ccccc1)c1ccccc1. The molecule has 0 saturated heterocycles. The van der Waals surface area contributed by atoms with Crippen LogP contribution in [0.15, 0.2) is 127 Å². The smallest absolute Gasteiger partial charge is 0.145 e. The second-order valence-corrected chi connectivity index (χ2v) is 10.3. The Labute approximate surface area is 177 Å². The van der Waals surface area contributed by atoms with Gasteiger partial charge in [0.1, 0.15) is 28.5 Å². The van der Waals surface area contributed by atoms with Crippen molar-refractivity contribution in [3.05, 3.63) is 133 Å². The molecular weight excluding hydrogens is 387 g/mol. The van der Waals surface area contributed by atoms with E-state index in [4.69, 9.17) is 0 Å². The molecule has 30 heavy (non-hydrogen) atoms. The van der Waals surface area contributed by atoms with Crippen molar-refractivity contribution in [3.63, 3.8) is 0 Å². The Morgan fingerprint density at radius 3 is 1.23 bits per heavy atom. The normalized spacial score (nSPS) is 11.8. The van der Waals surface area contributed by atoms with E-state index in [2.05, 4.69) is 36.4 Å². The quantitative estimate of drug-likeness (QED) is 0.360. The van der Waals surface area contributed by atoms with E-state index in [0.29, 0.717) is 0 Å². The summed E-state index contributed by atoms with van der Waals surface area (Å²) in [7, 11) is -2.50. The van der Waals surface area contributed by atoms with E-state index in [1.54, 1.807) is 0 Å². The molecule has 0 aromatic heterocycles. The largest absolute Gasteiger partial charge is 0.545 e. The van der Waals surface area contributed by atoms with E-state index in [1.807, 2.05) is 84.9 Å². The number of benzene rings is 4. The molecule has 0 atom stereocenters. The topological polar surface area (TPSA) is 40.1 Å². The maximum absolute atomic E-state index is 12.0. The van der Waals surface area contributed by atoms with Crippen LogP contribution in [0.2, 0.25) is 0 Å². The van der Waals surface area contributed by atoms with Gasteiger partial charge in [0.25, 0.3) is 0 Å². The molecular formula is C27H21O2P. The molecule has 0 bridgehead atoms. The maximum Gasteiger partial charge on any atom is 0.145 e. The van der Waals surface area contributed by atoms with E-state index >= 15 is 0 Å². The van der Waals surface area contributed by atoms with Crippen LogP contribution in [0, 0.1) is 0 Å². The van der Waals surface area contributed by atoms with Crippen molar-refractivity contribution >= 4 is 34.5 Å². The summed E-state index contributed by atoms with van der Waals surface area (Å²) in [6.45, 7) is 0. The minimum absolute atomic E-state index is 0.770. The third-order valence-corrected chi connectivity index (χ3v) is 9.44. The summed E-state index contributed by atoms with van der Waals surface area (Å²) in [5.74, 6) is -1.19. The van der Waals surface area contributed by atoms with Crippen LogP contribution in [-0.4, -0.2) is 5.97 Å². The molecule has 0 aliphatic heterocycles. The fourth-order valence-corrected chi connectivity index (χ4v) is 8.34. The molecule has 4 aromatic carbocycles. The monoisotopic (exact) mass is 408 g/mol. The molecule has 0 saturated carbocycles. The van der Waals surface area contributed by atoms with Gasteiger partial charge in [0.15, 0.2) is 0 Å². The Bertz CT molecular complexity index is 1040. The van der Waals surface area contributed by atoms with Crippen LogP contribution >= 0.6 is 7.26 Å². The van der Waals surface area contributed by atoms with Crippen molar-refractivity contribution in [2.45, 2.75) is 0 Å². The first-order chi connectivity index (χ1) is 14.7. The zero-order valence-corrected chi connectivity index (χ0v) is 17.3. The predicted molar refractivity (Wildman–Crippen MR) is 125 cm³/mol. The number of carbonyl (C=O) groups is 1. The summed E-state index contributed by atoms with van der Waals surface area (Å²) in [5.41, 5.74) is 0.881. The standard InChI is InChI=1S/C27H21O2P/c28-27(29)21-26(22-13-5-1-6-14-22)30(23-15-7-2-8-16-23,24-17-9-3-10-18-24)25-19-11-4-12-20-25/h1-21H/b26-21+. The van der Waals surface area contributed by atoms with Crippen molar-refractivity contribution < 1.29 is 9.90 Å². The molecule has 0 fully saturated rings. The third kappa shape index (κ3) is 3.70. The van der Waals surface area contributed by atoms with E-state index < -0.39 is 13.2 Å². The van der Waals surface area contributed by atoms with Gasteiger partial charge in [-0.25, -0.2) is 0 Å². The highest BCUT2D eigenvalue weighted by molar-refractivity contribution is 8.03. The molecule has 4 aromatic rings.